The van der Waals surface area contributed by atoms with Crippen molar-refractivity contribution < 1.29 is 4.79 Å². The number of nitrogens with zero attached hydrogens (tertiary/aromatic N) is 3. The molecule has 0 saturated heterocycles. The number of rotatable bonds is 3. The lowest BCUT2D eigenvalue weighted by atomic mass is 10.1. The minimum Gasteiger partial charge on any atom is -0.321 e. The van der Waals surface area contributed by atoms with Crippen LogP contribution in [0.25, 0.3) is 0 Å². The maximum atomic E-state index is 12.4. The molecule has 1 heterocycles. The number of hydrogen-bond donors (Lipinski definition) is 1. The molecule has 1 N–H and O–H groups in total. The van der Waals surface area contributed by atoms with Crippen molar-refractivity contribution >= 4 is 46.2 Å². The van der Waals surface area contributed by atoms with Crippen LogP contribution in [0.1, 0.15) is 6.42 Å². The minimum atomic E-state index is -0.530. The maximum absolute atomic E-state index is 12.4. The number of halogens is 2. The second-order valence-corrected chi connectivity index (χ2v) is 6.05. The number of nitriles is 1. The zero-order valence-corrected chi connectivity index (χ0v) is 13.9. The molecule has 2 aromatic carbocycles. The summed E-state index contributed by atoms with van der Waals surface area (Å²) in [5.41, 5.74) is 1.62. The van der Waals surface area contributed by atoms with Gasteiger partial charge in [0.2, 0.25) is 0 Å². The van der Waals surface area contributed by atoms with Crippen molar-refractivity contribution in [3.8, 4) is 6.07 Å². The molecule has 3 rings (SSSR count). The third-order valence-electron chi connectivity index (χ3n) is 3.51. The summed E-state index contributed by atoms with van der Waals surface area (Å²) in [5, 5.41) is 19.1. The first-order valence-corrected chi connectivity index (χ1v) is 7.91. The zero-order valence-electron chi connectivity index (χ0n) is 12.4. The Hall–Kier alpha value is -2.55. The first kappa shape index (κ1) is 16.3. The van der Waals surface area contributed by atoms with E-state index in [4.69, 9.17) is 23.2 Å². The highest BCUT2D eigenvalue weighted by Crippen LogP contribution is 2.26. The van der Waals surface area contributed by atoms with Crippen LogP contribution in [0.3, 0.4) is 0 Å². The molecule has 120 valence electrons. The summed E-state index contributed by atoms with van der Waals surface area (Å²) in [6, 6.07) is 15.4. The molecule has 5 nitrogen and oxygen atoms in total. The normalized spacial score (nSPS) is 16.5. The average Bonchev–Trinajstić information content (AvgIpc) is 3.02. The predicted octanol–water partition coefficient (Wildman–Crippen LogP) is 4.09. The molecule has 0 bridgehead atoms. The third-order valence-corrected chi connectivity index (χ3v) is 4.02. The van der Waals surface area contributed by atoms with Gasteiger partial charge >= 0.3 is 0 Å². The van der Waals surface area contributed by atoms with Crippen LogP contribution in [0.2, 0.25) is 10.0 Å². The van der Waals surface area contributed by atoms with Gasteiger partial charge in [-0.2, -0.15) is 10.4 Å². The molecule has 24 heavy (non-hydrogen) atoms. The summed E-state index contributed by atoms with van der Waals surface area (Å²) in [6.07, 6.45) is 0.249. The molecule has 0 spiro atoms. The van der Waals surface area contributed by atoms with Gasteiger partial charge in [0, 0.05) is 22.2 Å². The lowest BCUT2D eigenvalue weighted by molar-refractivity contribution is -0.110. The second kappa shape index (κ2) is 6.91. The van der Waals surface area contributed by atoms with E-state index < -0.39 is 6.04 Å². The van der Waals surface area contributed by atoms with Gasteiger partial charge in [0.1, 0.15) is 11.8 Å². The van der Waals surface area contributed by atoms with E-state index in [2.05, 4.69) is 16.5 Å². The summed E-state index contributed by atoms with van der Waals surface area (Å²) >= 11 is 11.7. The number of amides is 1. The molecule has 0 saturated carbocycles. The zero-order chi connectivity index (χ0) is 17.1. The van der Waals surface area contributed by atoms with Gasteiger partial charge in [-0.25, -0.2) is 5.01 Å². The predicted molar refractivity (Wildman–Crippen MR) is 95.5 cm³/mol. The summed E-state index contributed by atoms with van der Waals surface area (Å²) in [5.74, 6) is -0.339. The largest absolute Gasteiger partial charge is 0.321 e. The maximum Gasteiger partial charge on any atom is 0.271 e. The van der Waals surface area contributed by atoms with Gasteiger partial charge in [-0.1, -0.05) is 23.2 Å². The number of carbonyl (C=O) groups is 1. The minimum absolute atomic E-state index is 0.249. The summed E-state index contributed by atoms with van der Waals surface area (Å²) in [6.45, 7) is 0. The molecule has 1 aliphatic rings. The Morgan fingerprint density at radius 2 is 1.71 bits per heavy atom. The third kappa shape index (κ3) is 3.51. The van der Waals surface area contributed by atoms with Crippen LogP contribution in [0.15, 0.2) is 53.6 Å². The number of anilines is 2. The van der Waals surface area contributed by atoms with E-state index >= 15 is 0 Å². The lowest BCUT2D eigenvalue weighted by Gasteiger charge is -2.17. The molecule has 1 aliphatic heterocycles. The Morgan fingerprint density at radius 1 is 1.12 bits per heavy atom. The topological polar surface area (TPSA) is 68.5 Å². The van der Waals surface area contributed by atoms with Crippen LogP contribution in [0.5, 0.6) is 0 Å². The summed E-state index contributed by atoms with van der Waals surface area (Å²) < 4.78 is 0. The molecule has 1 amide bonds. The highest BCUT2D eigenvalue weighted by molar-refractivity contribution is 6.44. The van der Waals surface area contributed by atoms with Crippen LogP contribution in [0, 0.1) is 11.3 Å². The van der Waals surface area contributed by atoms with Gasteiger partial charge in [-0.05, 0) is 48.5 Å². The fourth-order valence-electron chi connectivity index (χ4n) is 2.32. The van der Waals surface area contributed by atoms with Gasteiger partial charge in [0.15, 0.2) is 0 Å². The van der Waals surface area contributed by atoms with Crippen molar-refractivity contribution in [2.24, 2.45) is 5.10 Å². The van der Waals surface area contributed by atoms with Gasteiger partial charge in [0.25, 0.3) is 5.91 Å². The number of carbonyl (C=O) groups excluding carboxylic acids is 1. The van der Waals surface area contributed by atoms with E-state index in [1.165, 1.54) is 5.01 Å². The number of benzene rings is 2. The summed E-state index contributed by atoms with van der Waals surface area (Å²) in [4.78, 5) is 12.4. The SMILES string of the molecule is N#CC1CC(C(=O)Nc2ccc(Cl)cc2)=NN1c1ccc(Cl)cc1. The van der Waals surface area contributed by atoms with E-state index in [-0.39, 0.29) is 12.3 Å². The Kier molecular flexibility index (Phi) is 4.70. The average molecular weight is 359 g/mol. The molecule has 0 aliphatic carbocycles. The van der Waals surface area contributed by atoms with Gasteiger partial charge in [-0.3, -0.25) is 4.79 Å². The molecule has 0 aromatic heterocycles. The first-order chi connectivity index (χ1) is 11.6. The van der Waals surface area contributed by atoms with Gasteiger partial charge < -0.3 is 5.32 Å². The van der Waals surface area contributed by atoms with Crippen LogP contribution >= 0.6 is 23.2 Å². The summed E-state index contributed by atoms with van der Waals surface area (Å²) in [7, 11) is 0. The van der Waals surface area contributed by atoms with Crippen molar-refractivity contribution in [3.63, 3.8) is 0 Å². The Balaban J connectivity index is 1.79. The van der Waals surface area contributed by atoms with E-state index in [0.717, 1.165) is 0 Å². The van der Waals surface area contributed by atoms with Gasteiger partial charge in [-0.15, -0.1) is 0 Å². The van der Waals surface area contributed by atoms with Gasteiger partial charge in [0.05, 0.1) is 11.8 Å². The fraction of sp³-hybridized carbons (Fsp3) is 0.118. The first-order valence-electron chi connectivity index (χ1n) is 7.15. The molecule has 1 unspecified atom stereocenters. The van der Waals surface area contributed by atoms with Crippen molar-refractivity contribution in [2.45, 2.75) is 12.5 Å². The Labute approximate surface area is 149 Å². The quantitative estimate of drug-likeness (QED) is 0.898. The van der Waals surface area contributed by atoms with E-state index in [1.54, 1.807) is 48.5 Å². The van der Waals surface area contributed by atoms with E-state index in [9.17, 15) is 10.1 Å². The van der Waals surface area contributed by atoms with Crippen LogP contribution in [-0.2, 0) is 4.79 Å². The smallest absolute Gasteiger partial charge is 0.271 e. The number of hydrazone groups is 1. The Morgan fingerprint density at radius 3 is 2.29 bits per heavy atom. The van der Waals surface area contributed by atoms with Crippen molar-refractivity contribution in [2.75, 3.05) is 10.3 Å². The molecular formula is C17H12Cl2N4O. The molecular weight excluding hydrogens is 347 g/mol. The highest BCUT2D eigenvalue weighted by atomic mass is 35.5. The van der Waals surface area contributed by atoms with E-state index in [1.807, 2.05) is 0 Å². The monoisotopic (exact) mass is 358 g/mol. The Bertz CT molecular complexity index is 825. The van der Waals surface area contributed by atoms with Crippen LogP contribution in [0.4, 0.5) is 11.4 Å². The standard InChI is InChI=1S/C17H12Cl2N4O/c18-11-1-5-13(6-2-11)21-17(24)16-9-15(10-20)23(22-16)14-7-3-12(19)4-8-14/h1-8,15H,9H2,(H,21,24). The second-order valence-electron chi connectivity index (χ2n) is 5.18. The number of hydrogen-bond acceptors (Lipinski definition) is 4. The number of nitrogens with one attached hydrogen (secondary N) is 1. The molecule has 1 atom stereocenters. The lowest BCUT2D eigenvalue weighted by Crippen LogP contribution is -2.25. The molecule has 7 heteroatoms. The molecule has 0 radical (unpaired) electrons. The highest BCUT2D eigenvalue weighted by Gasteiger charge is 2.31. The van der Waals surface area contributed by atoms with Crippen molar-refractivity contribution in [1.29, 1.82) is 5.26 Å². The molecule has 2 aromatic rings. The van der Waals surface area contributed by atoms with E-state index in [0.29, 0.717) is 27.1 Å². The van der Waals surface area contributed by atoms with Crippen LogP contribution < -0.4 is 10.3 Å². The van der Waals surface area contributed by atoms with Crippen molar-refractivity contribution in [3.05, 3.63) is 58.6 Å². The fourth-order valence-corrected chi connectivity index (χ4v) is 2.57. The van der Waals surface area contributed by atoms with Crippen LogP contribution in [-0.4, -0.2) is 17.7 Å². The van der Waals surface area contributed by atoms with Crippen molar-refractivity contribution in [1.82, 2.24) is 0 Å². The molecule has 0 fully saturated rings.